The number of sulfonamides is 1. The lowest BCUT2D eigenvalue weighted by atomic mass is 10.2. The van der Waals surface area contributed by atoms with E-state index in [2.05, 4.69) is 31.4 Å². The summed E-state index contributed by atoms with van der Waals surface area (Å²) in [7, 11) is -3.86. The van der Waals surface area contributed by atoms with Crippen molar-refractivity contribution in [1.29, 1.82) is 0 Å². The molecule has 2 amide bonds. The molecular formula is C36H28BrN5O7S2. The van der Waals surface area contributed by atoms with Crippen molar-refractivity contribution >= 4 is 72.7 Å². The highest BCUT2D eigenvalue weighted by atomic mass is 79.9. The second-order valence-electron chi connectivity index (χ2n) is 10.8. The normalized spacial score (nSPS) is 14.8. The quantitative estimate of drug-likeness (QED) is 0.0775. The van der Waals surface area contributed by atoms with Crippen molar-refractivity contribution in [3.8, 4) is 17.2 Å². The molecule has 0 bridgehead atoms. The van der Waals surface area contributed by atoms with Gasteiger partial charge in [-0.25, -0.2) is 13.6 Å². The van der Waals surface area contributed by atoms with E-state index in [0.29, 0.717) is 44.3 Å². The molecule has 0 saturated carbocycles. The summed E-state index contributed by atoms with van der Waals surface area (Å²) in [6, 6.07) is 30.9. The molecule has 5 aromatic rings. The predicted octanol–water partition coefficient (Wildman–Crippen LogP) is 7.01. The van der Waals surface area contributed by atoms with Gasteiger partial charge >= 0.3 is 0 Å². The molecule has 0 spiro atoms. The zero-order valence-electron chi connectivity index (χ0n) is 26.5. The van der Waals surface area contributed by atoms with E-state index in [1.165, 1.54) is 35.4 Å². The SMILES string of the molecule is NS(=O)(=O)c1ccc(NC(=O)COc2ccc(Br)cc2/C=C2\S/C(=N\N=C\c3cccc(Oc4ccccc4)c3)N(Cc3ccco3)C2=O)cc1. The third kappa shape index (κ3) is 9.61. The van der Waals surface area contributed by atoms with Gasteiger partial charge in [-0.1, -0.05) is 46.3 Å². The summed E-state index contributed by atoms with van der Waals surface area (Å²) in [5.41, 5.74) is 1.64. The van der Waals surface area contributed by atoms with Gasteiger partial charge in [0.05, 0.1) is 28.8 Å². The molecule has 1 aliphatic rings. The molecule has 12 nitrogen and oxygen atoms in total. The largest absolute Gasteiger partial charge is 0.483 e. The number of furan rings is 1. The Kier molecular flexibility index (Phi) is 11.1. The molecule has 1 aromatic heterocycles. The van der Waals surface area contributed by atoms with Crippen LogP contribution in [0.2, 0.25) is 0 Å². The number of hydrogen-bond acceptors (Lipinski definition) is 10. The molecule has 4 aromatic carbocycles. The number of carbonyl (C=O) groups excluding carboxylic acids is 2. The number of primary sulfonamides is 1. The molecule has 15 heteroatoms. The molecule has 6 rings (SSSR count). The molecule has 0 aliphatic carbocycles. The Morgan fingerprint density at radius 1 is 0.961 bits per heavy atom. The molecule has 2 heterocycles. The molecule has 0 atom stereocenters. The predicted molar refractivity (Wildman–Crippen MR) is 199 cm³/mol. The maximum absolute atomic E-state index is 13.7. The summed E-state index contributed by atoms with van der Waals surface area (Å²) in [6.07, 6.45) is 4.76. The average Bonchev–Trinajstić information content (AvgIpc) is 3.73. The van der Waals surface area contributed by atoms with Crippen LogP contribution in [0.25, 0.3) is 6.08 Å². The molecule has 258 valence electrons. The standard InChI is InChI=1S/C36H28BrN5O7S2/c37-26-11-16-32(48-23-34(43)40-27-12-14-31(15-13-27)51(38,45)46)25(19-26)20-33-35(44)42(22-30-10-5-17-47-30)36(50-33)41-39-21-24-6-4-9-29(18-24)49-28-7-2-1-3-8-28/h1-21H,22-23H2,(H,40,43)(H2,38,45,46)/b33-20-,39-21+,41-36-. The fraction of sp³-hybridized carbons (Fsp3) is 0.0556. The Hall–Kier alpha value is -5.48. The summed E-state index contributed by atoms with van der Waals surface area (Å²) < 4.78 is 41.0. The number of nitrogens with one attached hydrogen (secondary N) is 1. The number of amidine groups is 1. The minimum Gasteiger partial charge on any atom is -0.483 e. The number of nitrogens with two attached hydrogens (primary N) is 1. The second-order valence-corrected chi connectivity index (χ2v) is 14.3. The van der Waals surface area contributed by atoms with Crippen LogP contribution in [-0.2, 0) is 26.2 Å². The molecule has 51 heavy (non-hydrogen) atoms. The van der Waals surface area contributed by atoms with E-state index in [4.69, 9.17) is 19.0 Å². The van der Waals surface area contributed by atoms with Gasteiger partial charge in [-0.3, -0.25) is 14.5 Å². The summed E-state index contributed by atoms with van der Waals surface area (Å²) in [5.74, 6) is 1.44. The number of rotatable bonds is 12. The first-order valence-corrected chi connectivity index (χ1v) is 18.3. The fourth-order valence-electron chi connectivity index (χ4n) is 4.68. The third-order valence-electron chi connectivity index (χ3n) is 7.05. The number of benzene rings is 4. The minimum absolute atomic E-state index is 0.0780. The van der Waals surface area contributed by atoms with Gasteiger partial charge in [0.1, 0.15) is 23.0 Å². The maximum atomic E-state index is 13.7. The number of amides is 2. The third-order valence-corrected chi connectivity index (χ3v) is 9.47. The number of ether oxygens (including phenoxy) is 2. The van der Waals surface area contributed by atoms with Crippen LogP contribution in [0.1, 0.15) is 16.9 Å². The van der Waals surface area contributed by atoms with Gasteiger partial charge in [-0.05, 0) is 102 Å². The van der Waals surface area contributed by atoms with E-state index in [-0.39, 0.29) is 24.0 Å². The highest BCUT2D eigenvalue weighted by molar-refractivity contribution is 9.10. The highest BCUT2D eigenvalue weighted by Gasteiger charge is 2.34. The van der Waals surface area contributed by atoms with E-state index in [9.17, 15) is 18.0 Å². The Labute approximate surface area is 305 Å². The number of nitrogens with zero attached hydrogens (tertiary/aromatic N) is 3. The Bertz CT molecular complexity index is 2240. The summed E-state index contributed by atoms with van der Waals surface area (Å²) in [6.45, 7) is -0.232. The van der Waals surface area contributed by atoms with Crippen LogP contribution in [0.3, 0.4) is 0 Å². The van der Waals surface area contributed by atoms with Crippen molar-refractivity contribution in [2.24, 2.45) is 15.3 Å². The minimum atomic E-state index is -3.86. The van der Waals surface area contributed by atoms with Crippen molar-refractivity contribution in [3.05, 3.63) is 142 Å². The monoisotopic (exact) mass is 785 g/mol. The van der Waals surface area contributed by atoms with Crippen LogP contribution in [0.5, 0.6) is 17.2 Å². The molecule has 3 N–H and O–H groups in total. The lowest BCUT2D eigenvalue weighted by molar-refractivity contribution is -0.122. The van der Waals surface area contributed by atoms with E-state index < -0.39 is 15.9 Å². The molecule has 1 fully saturated rings. The molecule has 1 saturated heterocycles. The van der Waals surface area contributed by atoms with E-state index in [0.717, 1.165) is 21.8 Å². The average molecular weight is 787 g/mol. The van der Waals surface area contributed by atoms with E-state index in [1.807, 2.05) is 54.6 Å². The van der Waals surface area contributed by atoms with E-state index in [1.54, 1.807) is 42.6 Å². The first-order chi connectivity index (χ1) is 24.6. The lowest BCUT2D eigenvalue weighted by Gasteiger charge is -2.13. The number of anilines is 1. The van der Waals surface area contributed by atoms with Crippen LogP contribution in [0.15, 0.2) is 144 Å². The van der Waals surface area contributed by atoms with Crippen molar-refractivity contribution < 1.29 is 31.9 Å². The fourth-order valence-corrected chi connectivity index (χ4v) is 6.50. The van der Waals surface area contributed by atoms with Crippen molar-refractivity contribution in [2.45, 2.75) is 11.4 Å². The van der Waals surface area contributed by atoms with Crippen LogP contribution in [0, 0.1) is 0 Å². The lowest BCUT2D eigenvalue weighted by Crippen LogP contribution is -2.28. The van der Waals surface area contributed by atoms with Gasteiger partial charge in [0.25, 0.3) is 11.8 Å². The smallest absolute Gasteiger partial charge is 0.267 e. The Morgan fingerprint density at radius 3 is 2.49 bits per heavy atom. The molecule has 0 radical (unpaired) electrons. The summed E-state index contributed by atoms with van der Waals surface area (Å²) >= 11 is 4.60. The number of carbonyl (C=O) groups is 2. The number of hydrogen-bond donors (Lipinski definition) is 2. The molecule has 0 unspecified atom stereocenters. The van der Waals surface area contributed by atoms with Gasteiger partial charge in [0, 0.05) is 15.7 Å². The van der Waals surface area contributed by atoms with Crippen LogP contribution in [0.4, 0.5) is 5.69 Å². The summed E-state index contributed by atoms with van der Waals surface area (Å²) in [5, 5.41) is 16.8. The zero-order chi connectivity index (χ0) is 35.8. The van der Waals surface area contributed by atoms with Gasteiger partial charge in [0.15, 0.2) is 11.8 Å². The maximum Gasteiger partial charge on any atom is 0.267 e. The van der Waals surface area contributed by atoms with Gasteiger partial charge in [-0.2, -0.15) is 5.10 Å². The highest BCUT2D eigenvalue weighted by Crippen LogP contribution is 2.36. The first-order valence-electron chi connectivity index (χ1n) is 15.1. The van der Waals surface area contributed by atoms with Crippen molar-refractivity contribution in [1.82, 2.24) is 4.90 Å². The van der Waals surface area contributed by atoms with E-state index >= 15 is 0 Å². The van der Waals surface area contributed by atoms with Gasteiger partial charge in [-0.15, -0.1) is 5.10 Å². The van der Waals surface area contributed by atoms with Crippen LogP contribution < -0.4 is 19.9 Å². The second kappa shape index (κ2) is 16.0. The summed E-state index contributed by atoms with van der Waals surface area (Å²) in [4.78, 5) is 28.1. The number of thioether (sulfide) groups is 1. The zero-order valence-corrected chi connectivity index (χ0v) is 29.7. The topological polar surface area (TPSA) is 166 Å². The molecule has 1 aliphatic heterocycles. The van der Waals surface area contributed by atoms with Crippen molar-refractivity contribution in [3.63, 3.8) is 0 Å². The van der Waals surface area contributed by atoms with Gasteiger partial charge in [0.2, 0.25) is 10.0 Å². The number of halogens is 1. The Balaban J connectivity index is 1.19. The van der Waals surface area contributed by atoms with Crippen LogP contribution >= 0.6 is 27.7 Å². The first kappa shape index (κ1) is 35.3. The Morgan fingerprint density at radius 2 is 1.75 bits per heavy atom. The van der Waals surface area contributed by atoms with Crippen LogP contribution in [-0.4, -0.2) is 43.1 Å². The van der Waals surface area contributed by atoms with Crippen molar-refractivity contribution in [2.75, 3.05) is 11.9 Å². The number of para-hydroxylation sites is 1. The molecular weight excluding hydrogens is 758 g/mol. The van der Waals surface area contributed by atoms with Gasteiger partial charge < -0.3 is 19.2 Å².